The molecular weight excluding hydrogens is 506 g/mol. The molecule has 2 aromatic heterocycles. The Hall–Kier alpha value is -3.27. The van der Waals surface area contributed by atoms with E-state index in [2.05, 4.69) is 26.1 Å². The van der Waals surface area contributed by atoms with Crippen molar-refractivity contribution < 1.29 is 55.4 Å². The summed E-state index contributed by atoms with van der Waals surface area (Å²) in [7, 11) is 0. The van der Waals surface area contributed by atoms with Gasteiger partial charge in [-0.05, 0) is 43.9 Å². The van der Waals surface area contributed by atoms with E-state index in [-0.39, 0.29) is 12.2 Å². The number of fused-ring (bicyclic) bond motifs is 1. The summed E-state index contributed by atoms with van der Waals surface area (Å²) in [5.74, 6) is -3.61. The third kappa shape index (κ3) is 9.07. The number of ether oxygens (including phenoxy) is 1. The average molecular weight is 528 g/mol. The first-order valence-electron chi connectivity index (χ1n) is 10.3. The lowest BCUT2D eigenvalue weighted by Crippen LogP contribution is -2.41. The molecular formula is C20H22F6N4O6. The van der Waals surface area contributed by atoms with Crippen molar-refractivity contribution in [1.82, 2.24) is 20.0 Å². The summed E-state index contributed by atoms with van der Waals surface area (Å²) in [4.78, 5) is 28.7. The Morgan fingerprint density at radius 1 is 1.14 bits per heavy atom. The van der Waals surface area contributed by atoms with Crippen molar-refractivity contribution in [2.45, 2.75) is 50.9 Å². The van der Waals surface area contributed by atoms with Gasteiger partial charge in [0, 0.05) is 25.5 Å². The number of alkyl halides is 6. The standard InChI is InChI=1S/C16H20N4O2.2C2HF3O2/c1-11-18-16(22-19-11)14-7-13-4-6-20(10-15(13)21-14)9-12-3-2-5-17-8-12;2*3-2(4,5)1(6)7/h2-3,5,8,13-15H,4,6-7,9-10H2,1H3;2*(H,6,7)/t13-,14+,15+;;/m0../s1. The third-order valence-electron chi connectivity index (χ3n) is 5.07. The maximum atomic E-state index is 10.6. The summed E-state index contributed by atoms with van der Waals surface area (Å²) in [5, 5.41) is 18.1. The Labute approximate surface area is 199 Å². The summed E-state index contributed by atoms with van der Waals surface area (Å²) in [6.45, 7) is 4.84. The first kappa shape index (κ1) is 29.0. The lowest BCUT2D eigenvalue weighted by molar-refractivity contribution is -0.193. The topological polar surface area (TPSA) is 139 Å². The normalized spacial score (nSPS) is 21.9. The van der Waals surface area contributed by atoms with E-state index in [0.29, 0.717) is 17.6 Å². The quantitative estimate of drug-likeness (QED) is 0.570. The Morgan fingerprint density at radius 3 is 2.22 bits per heavy atom. The van der Waals surface area contributed by atoms with Crippen LogP contribution in [0.3, 0.4) is 0 Å². The van der Waals surface area contributed by atoms with Gasteiger partial charge in [0.05, 0.1) is 6.10 Å². The van der Waals surface area contributed by atoms with Gasteiger partial charge >= 0.3 is 24.3 Å². The number of rotatable bonds is 3. The van der Waals surface area contributed by atoms with E-state index in [1.807, 2.05) is 25.4 Å². The molecule has 36 heavy (non-hydrogen) atoms. The fourth-order valence-electron chi connectivity index (χ4n) is 3.49. The molecule has 0 radical (unpaired) electrons. The van der Waals surface area contributed by atoms with E-state index in [1.165, 1.54) is 5.56 Å². The Bertz CT molecular complexity index is 977. The van der Waals surface area contributed by atoms with Gasteiger partial charge < -0.3 is 19.5 Å². The summed E-state index contributed by atoms with van der Waals surface area (Å²) in [6, 6.07) is 4.11. The van der Waals surface area contributed by atoms with Crippen molar-refractivity contribution in [2.24, 2.45) is 5.92 Å². The van der Waals surface area contributed by atoms with Crippen LogP contribution in [0.1, 0.15) is 36.2 Å². The maximum Gasteiger partial charge on any atom is 0.490 e. The number of nitrogens with zero attached hydrogens (tertiary/aromatic N) is 4. The molecule has 10 nitrogen and oxygen atoms in total. The number of aromatic nitrogens is 3. The van der Waals surface area contributed by atoms with Crippen molar-refractivity contribution in [1.29, 1.82) is 0 Å². The van der Waals surface area contributed by atoms with Crippen molar-refractivity contribution in [3.05, 3.63) is 41.8 Å². The van der Waals surface area contributed by atoms with E-state index >= 15 is 0 Å². The molecule has 16 heteroatoms. The highest BCUT2D eigenvalue weighted by Crippen LogP contribution is 2.40. The van der Waals surface area contributed by atoms with Crippen LogP contribution in [0, 0.1) is 12.8 Å². The van der Waals surface area contributed by atoms with E-state index < -0.39 is 24.3 Å². The molecule has 4 rings (SSSR count). The molecule has 200 valence electrons. The van der Waals surface area contributed by atoms with Gasteiger partial charge in [-0.1, -0.05) is 11.2 Å². The highest BCUT2D eigenvalue weighted by molar-refractivity contribution is 5.73. The molecule has 0 amide bonds. The molecule has 4 heterocycles. The van der Waals surface area contributed by atoms with Crippen molar-refractivity contribution in [2.75, 3.05) is 13.1 Å². The molecule has 2 aromatic rings. The number of aliphatic carboxylic acids is 2. The predicted octanol–water partition coefficient (Wildman–Crippen LogP) is 3.39. The van der Waals surface area contributed by atoms with Gasteiger partial charge in [0.25, 0.3) is 5.89 Å². The number of carboxylic acids is 2. The van der Waals surface area contributed by atoms with Gasteiger partial charge in [-0.3, -0.25) is 9.88 Å². The van der Waals surface area contributed by atoms with Gasteiger partial charge in [0.2, 0.25) is 0 Å². The molecule has 0 aliphatic carbocycles. The van der Waals surface area contributed by atoms with E-state index in [1.54, 1.807) is 0 Å². The van der Waals surface area contributed by atoms with Gasteiger partial charge in [-0.2, -0.15) is 31.3 Å². The molecule has 0 saturated carbocycles. The SMILES string of the molecule is Cc1noc([C@H]2C[C@@H]3CCN(Cc4cccnc4)C[C@H]3O2)n1.O=C(O)C(F)(F)F.O=C(O)C(F)(F)F. The summed E-state index contributed by atoms with van der Waals surface area (Å²) in [6.07, 6.45) is -4.03. The lowest BCUT2D eigenvalue weighted by atomic mass is 9.91. The number of hydrogen-bond acceptors (Lipinski definition) is 8. The molecule has 0 bridgehead atoms. The van der Waals surface area contributed by atoms with E-state index in [0.717, 1.165) is 32.5 Å². The van der Waals surface area contributed by atoms with Crippen LogP contribution in [0.4, 0.5) is 26.3 Å². The Balaban J connectivity index is 0.000000271. The van der Waals surface area contributed by atoms with Crippen LogP contribution < -0.4 is 0 Å². The Morgan fingerprint density at radius 2 is 1.75 bits per heavy atom. The van der Waals surface area contributed by atoms with Crippen molar-refractivity contribution >= 4 is 11.9 Å². The number of hydrogen-bond donors (Lipinski definition) is 2. The molecule has 0 spiro atoms. The first-order chi connectivity index (χ1) is 16.7. The molecule has 3 atom stereocenters. The van der Waals surface area contributed by atoms with Crippen molar-refractivity contribution in [3.63, 3.8) is 0 Å². The highest BCUT2D eigenvalue weighted by Gasteiger charge is 2.42. The number of aryl methyl sites for hydroxylation is 1. The Kier molecular flexibility index (Phi) is 9.75. The summed E-state index contributed by atoms with van der Waals surface area (Å²) >= 11 is 0. The fraction of sp³-hybridized carbons (Fsp3) is 0.550. The third-order valence-corrected chi connectivity index (χ3v) is 5.07. The summed E-state index contributed by atoms with van der Waals surface area (Å²) < 4.78 is 74.9. The molecule has 2 N–H and O–H groups in total. The van der Waals surface area contributed by atoms with Crippen LogP contribution >= 0.6 is 0 Å². The smallest absolute Gasteiger partial charge is 0.475 e. The number of carboxylic acid groups (broad SMARTS) is 2. The second-order valence-electron chi connectivity index (χ2n) is 7.83. The highest BCUT2D eigenvalue weighted by atomic mass is 19.4. The minimum atomic E-state index is -5.08. The molecule has 2 saturated heterocycles. The number of piperidine rings is 1. The van der Waals surface area contributed by atoms with Gasteiger partial charge in [0.1, 0.15) is 6.10 Å². The van der Waals surface area contributed by atoms with Crippen LogP contribution in [0.25, 0.3) is 0 Å². The number of likely N-dealkylation sites (tertiary alicyclic amines) is 1. The lowest BCUT2D eigenvalue weighted by Gasteiger charge is -2.33. The molecule has 2 fully saturated rings. The minimum Gasteiger partial charge on any atom is -0.475 e. The fourth-order valence-corrected chi connectivity index (χ4v) is 3.49. The zero-order valence-corrected chi connectivity index (χ0v) is 18.7. The molecule has 0 aromatic carbocycles. The predicted molar refractivity (Wildman–Crippen MR) is 106 cm³/mol. The van der Waals surface area contributed by atoms with Gasteiger partial charge in [-0.15, -0.1) is 0 Å². The number of pyridine rings is 1. The number of carbonyl (C=O) groups is 2. The second kappa shape index (κ2) is 12.1. The van der Waals surface area contributed by atoms with Crippen LogP contribution in [0.5, 0.6) is 0 Å². The van der Waals surface area contributed by atoms with E-state index in [9.17, 15) is 26.3 Å². The molecule has 0 unspecified atom stereocenters. The molecule has 2 aliphatic rings. The number of halogens is 6. The second-order valence-corrected chi connectivity index (χ2v) is 7.83. The van der Waals surface area contributed by atoms with Crippen LogP contribution in [0.15, 0.2) is 29.0 Å². The van der Waals surface area contributed by atoms with Gasteiger partial charge in [0.15, 0.2) is 5.82 Å². The van der Waals surface area contributed by atoms with E-state index in [4.69, 9.17) is 29.1 Å². The first-order valence-corrected chi connectivity index (χ1v) is 10.3. The monoisotopic (exact) mass is 528 g/mol. The molecule has 2 aliphatic heterocycles. The zero-order valence-electron chi connectivity index (χ0n) is 18.7. The minimum absolute atomic E-state index is 0.0328. The van der Waals surface area contributed by atoms with Crippen LogP contribution in [-0.2, 0) is 20.9 Å². The maximum absolute atomic E-state index is 10.6. The van der Waals surface area contributed by atoms with Gasteiger partial charge in [-0.25, -0.2) is 9.59 Å². The largest absolute Gasteiger partial charge is 0.490 e. The van der Waals surface area contributed by atoms with Crippen LogP contribution in [-0.4, -0.2) is 73.7 Å². The average Bonchev–Trinajstić information content (AvgIpc) is 3.39. The van der Waals surface area contributed by atoms with Crippen molar-refractivity contribution in [3.8, 4) is 0 Å². The van der Waals surface area contributed by atoms with Crippen LogP contribution in [0.2, 0.25) is 0 Å². The zero-order chi connectivity index (χ0) is 27.1. The summed E-state index contributed by atoms with van der Waals surface area (Å²) in [5.41, 5.74) is 1.25.